The van der Waals surface area contributed by atoms with Gasteiger partial charge < -0.3 is 14.6 Å². The van der Waals surface area contributed by atoms with Crippen molar-refractivity contribution in [3.63, 3.8) is 0 Å². The van der Waals surface area contributed by atoms with Crippen molar-refractivity contribution in [3.05, 3.63) is 58.4 Å². The maximum Gasteiger partial charge on any atom is 0.258 e. The Bertz CT molecular complexity index is 1830. The van der Waals surface area contributed by atoms with Crippen molar-refractivity contribution in [1.82, 2.24) is 4.90 Å². The summed E-state index contributed by atoms with van der Waals surface area (Å²) in [6.45, 7) is 4.96. The standard InChI is InChI=1S/C32H27Cl2F5N2O7/c1-30(2,3)41-26(43)13-7-6-12-14(17(13)27(41)44)10-31(33)28(45)40(24-22(38)20(36)19(35)21(37)23(24)39)29(46)32(31,34)18(12)11-8-15(47-4)25(42)16(9-11)48-5/h6,8-9,13-14,17-18,42H,7,10H2,1-5H3. The highest BCUT2D eigenvalue weighted by molar-refractivity contribution is 6.58. The van der Waals surface area contributed by atoms with Gasteiger partial charge in [-0.2, -0.15) is 0 Å². The highest BCUT2D eigenvalue weighted by atomic mass is 35.5. The van der Waals surface area contributed by atoms with Gasteiger partial charge in [0, 0.05) is 11.5 Å². The van der Waals surface area contributed by atoms with Gasteiger partial charge in [0.05, 0.1) is 26.1 Å². The minimum absolute atomic E-state index is 0.0117. The average molecular weight is 717 g/mol. The Balaban J connectivity index is 1.64. The van der Waals surface area contributed by atoms with Crippen molar-refractivity contribution in [2.75, 3.05) is 19.1 Å². The van der Waals surface area contributed by atoms with E-state index in [1.807, 2.05) is 0 Å². The Morgan fingerprint density at radius 3 is 1.85 bits per heavy atom. The van der Waals surface area contributed by atoms with Crippen LogP contribution in [-0.4, -0.2) is 63.1 Å². The number of carbonyl (C=O) groups is 4. The molecule has 2 aliphatic carbocycles. The largest absolute Gasteiger partial charge is 0.502 e. The summed E-state index contributed by atoms with van der Waals surface area (Å²) in [6, 6.07) is 2.47. The van der Waals surface area contributed by atoms with Crippen LogP contribution in [0.2, 0.25) is 0 Å². The maximum atomic E-state index is 15.2. The van der Waals surface area contributed by atoms with Crippen molar-refractivity contribution in [1.29, 1.82) is 0 Å². The molecule has 2 heterocycles. The smallest absolute Gasteiger partial charge is 0.258 e. The number of allylic oxidation sites excluding steroid dienone is 2. The number of aromatic hydroxyl groups is 1. The molecule has 2 aromatic carbocycles. The van der Waals surface area contributed by atoms with Crippen LogP contribution < -0.4 is 14.4 Å². The molecular weight excluding hydrogens is 690 g/mol. The molecule has 48 heavy (non-hydrogen) atoms. The monoisotopic (exact) mass is 716 g/mol. The zero-order valence-corrected chi connectivity index (χ0v) is 27.4. The van der Waals surface area contributed by atoms with Crippen LogP contribution in [-0.2, 0) is 19.2 Å². The first-order valence-electron chi connectivity index (χ1n) is 14.6. The summed E-state index contributed by atoms with van der Waals surface area (Å²) >= 11 is 14.2. The number of hydrogen-bond donors (Lipinski definition) is 1. The fourth-order valence-electron chi connectivity index (χ4n) is 7.68. The Morgan fingerprint density at radius 2 is 1.35 bits per heavy atom. The number of fused-ring (bicyclic) bond motifs is 4. The van der Waals surface area contributed by atoms with E-state index in [9.17, 15) is 37.5 Å². The van der Waals surface area contributed by atoms with Crippen LogP contribution in [0.3, 0.4) is 0 Å². The summed E-state index contributed by atoms with van der Waals surface area (Å²) in [5.74, 6) is -22.2. The fourth-order valence-corrected chi connectivity index (χ4v) is 8.62. The highest BCUT2D eigenvalue weighted by Gasteiger charge is 2.77. The molecule has 4 aliphatic rings. The highest BCUT2D eigenvalue weighted by Crippen LogP contribution is 2.66. The van der Waals surface area contributed by atoms with Gasteiger partial charge in [-0.25, -0.2) is 26.9 Å². The topological polar surface area (TPSA) is 113 Å². The number of alkyl halides is 2. The SMILES string of the molecule is COc1cc(C2C3=CCC4C(=O)N(C(C)(C)C)C(=O)C4C3CC3(Cl)C(=O)N(c4c(F)c(F)c(F)c(F)c4F)C(=O)C23Cl)cc(OC)c1O. The molecular formula is C32H27Cl2F5N2O7. The van der Waals surface area contributed by atoms with Gasteiger partial charge in [-0.1, -0.05) is 11.6 Å². The lowest BCUT2D eigenvalue weighted by molar-refractivity contribution is -0.145. The van der Waals surface area contributed by atoms with Gasteiger partial charge in [0.1, 0.15) is 5.69 Å². The summed E-state index contributed by atoms with van der Waals surface area (Å²) in [4.78, 5) is 51.6. The van der Waals surface area contributed by atoms with Crippen molar-refractivity contribution >= 4 is 52.5 Å². The number of ether oxygens (including phenoxy) is 2. The normalized spacial score (nSPS) is 30.0. The molecule has 6 unspecified atom stereocenters. The van der Waals surface area contributed by atoms with Crippen molar-refractivity contribution in [2.24, 2.45) is 17.8 Å². The third kappa shape index (κ3) is 4.14. The predicted octanol–water partition coefficient (Wildman–Crippen LogP) is 5.47. The van der Waals surface area contributed by atoms with Crippen LogP contribution in [0.15, 0.2) is 23.8 Å². The van der Waals surface area contributed by atoms with E-state index in [2.05, 4.69) is 0 Å². The zero-order valence-electron chi connectivity index (χ0n) is 25.9. The molecule has 0 spiro atoms. The number of nitrogens with zero attached hydrogens (tertiary/aromatic N) is 2. The van der Waals surface area contributed by atoms with Gasteiger partial charge in [-0.05, 0) is 57.2 Å². The minimum atomic E-state index is -2.73. The quantitative estimate of drug-likeness (QED) is 0.112. The summed E-state index contributed by atoms with van der Waals surface area (Å²) in [7, 11) is 2.40. The number of phenolic OH excluding ortho intramolecular Hbond substituents is 1. The Kier molecular flexibility index (Phi) is 7.64. The lowest BCUT2D eigenvalue weighted by atomic mass is 9.56. The first-order chi connectivity index (χ1) is 22.3. The molecule has 1 N–H and O–H groups in total. The van der Waals surface area contributed by atoms with Gasteiger partial charge in [-0.15, -0.1) is 23.2 Å². The minimum Gasteiger partial charge on any atom is -0.502 e. The van der Waals surface area contributed by atoms with Crippen molar-refractivity contribution in [2.45, 2.75) is 54.8 Å². The third-order valence-corrected chi connectivity index (χ3v) is 11.1. The molecule has 1 saturated carbocycles. The van der Waals surface area contributed by atoms with E-state index in [0.29, 0.717) is 0 Å². The number of imide groups is 2. The van der Waals surface area contributed by atoms with Gasteiger partial charge in [-0.3, -0.25) is 24.1 Å². The van der Waals surface area contributed by atoms with Crippen LogP contribution in [0.25, 0.3) is 0 Å². The number of anilines is 1. The number of hydrogen-bond acceptors (Lipinski definition) is 7. The van der Waals surface area contributed by atoms with E-state index in [0.717, 1.165) is 4.90 Å². The van der Waals surface area contributed by atoms with E-state index in [1.165, 1.54) is 26.4 Å². The Morgan fingerprint density at radius 1 is 0.833 bits per heavy atom. The van der Waals surface area contributed by atoms with Crippen LogP contribution in [0.4, 0.5) is 27.6 Å². The molecule has 0 bridgehead atoms. The fraction of sp³-hybridized carbons (Fsp3) is 0.438. The second kappa shape index (κ2) is 10.8. The lowest BCUT2D eigenvalue weighted by Gasteiger charge is -2.50. The lowest BCUT2D eigenvalue weighted by Crippen LogP contribution is -2.60. The molecule has 0 aromatic heterocycles. The Hall–Kier alpha value is -3.91. The van der Waals surface area contributed by atoms with E-state index >= 15 is 8.78 Å². The van der Waals surface area contributed by atoms with E-state index in [4.69, 9.17) is 32.7 Å². The van der Waals surface area contributed by atoms with Crippen LogP contribution in [0.1, 0.15) is 45.1 Å². The van der Waals surface area contributed by atoms with E-state index < -0.39 is 110 Å². The van der Waals surface area contributed by atoms with Gasteiger partial charge in [0.25, 0.3) is 11.8 Å². The number of rotatable bonds is 4. The van der Waals surface area contributed by atoms with Crippen LogP contribution in [0, 0.1) is 46.8 Å². The summed E-state index contributed by atoms with van der Waals surface area (Å²) in [5, 5.41) is 10.6. The van der Waals surface area contributed by atoms with Gasteiger partial charge >= 0.3 is 0 Å². The van der Waals surface area contributed by atoms with Crippen LogP contribution >= 0.6 is 23.2 Å². The van der Waals surface area contributed by atoms with Crippen LogP contribution in [0.5, 0.6) is 17.2 Å². The molecule has 16 heteroatoms. The predicted molar refractivity (Wildman–Crippen MR) is 159 cm³/mol. The van der Waals surface area contributed by atoms with Gasteiger partial charge in [0.15, 0.2) is 44.5 Å². The molecule has 2 aliphatic heterocycles. The molecule has 3 fully saturated rings. The number of likely N-dealkylation sites (tertiary alicyclic amines) is 1. The molecule has 256 valence electrons. The number of carbonyl (C=O) groups excluding carboxylic acids is 4. The first-order valence-corrected chi connectivity index (χ1v) is 15.4. The molecule has 6 atom stereocenters. The molecule has 4 amide bonds. The number of benzene rings is 2. The van der Waals surface area contributed by atoms with Gasteiger partial charge in [0.2, 0.25) is 23.4 Å². The number of amides is 4. The van der Waals surface area contributed by atoms with E-state index in [-0.39, 0.29) is 34.0 Å². The second-order valence-corrected chi connectivity index (χ2v) is 14.4. The number of halogens is 7. The molecule has 0 radical (unpaired) electrons. The van der Waals surface area contributed by atoms with Crippen molar-refractivity contribution in [3.8, 4) is 17.2 Å². The molecule has 6 rings (SSSR count). The molecule has 2 saturated heterocycles. The third-order valence-electron chi connectivity index (χ3n) is 9.73. The summed E-state index contributed by atoms with van der Waals surface area (Å²) in [6.07, 6.45) is 0.919. The summed E-state index contributed by atoms with van der Waals surface area (Å²) in [5.41, 5.74) is -2.57. The van der Waals surface area contributed by atoms with E-state index in [1.54, 1.807) is 26.8 Å². The van der Waals surface area contributed by atoms with Crippen molar-refractivity contribution < 1.29 is 55.7 Å². The Labute approximate surface area is 280 Å². The summed E-state index contributed by atoms with van der Waals surface area (Å²) < 4.78 is 83.8. The average Bonchev–Trinajstić information content (AvgIpc) is 3.38. The number of phenols is 1. The molecule has 2 aromatic rings. The first kappa shape index (κ1) is 34.0. The second-order valence-electron chi connectivity index (χ2n) is 13.1. The zero-order chi connectivity index (χ0) is 35.6. The molecule has 9 nitrogen and oxygen atoms in total. The maximum absolute atomic E-state index is 15.2. The number of methoxy groups -OCH3 is 2.